The zero-order valence-electron chi connectivity index (χ0n) is 11.9. The fraction of sp³-hybridized carbons (Fsp3) is 0.533. The number of nitrogens with one attached hydrogen (secondary N) is 2. The molecule has 1 heterocycles. The van der Waals surface area contributed by atoms with Crippen LogP contribution in [0.2, 0.25) is 0 Å². The first-order chi connectivity index (χ1) is 9.60. The molecule has 1 aliphatic heterocycles. The summed E-state index contributed by atoms with van der Waals surface area (Å²) < 4.78 is 1.05. The number of amides is 1. The lowest BCUT2D eigenvalue weighted by molar-refractivity contribution is -0.117. The van der Waals surface area contributed by atoms with Crippen molar-refractivity contribution < 1.29 is 4.79 Å². The van der Waals surface area contributed by atoms with Gasteiger partial charge in [0, 0.05) is 29.3 Å². The van der Waals surface area contributed by atoms with Gasteiger partial charge in [0.1, 0.15) is 6.04 Å². The van der Waals surface area contributed by atoms with Gasteiger partial charge >= 0.3 is 0 Å². The molecule has 1 aliphatic carbocycles. The standard InChI is InChI=1S/C15H20BrN3O/c1-17-14-10-6-11(16)13(7-12(10)18-15(14)20)19(2)8-9-4-3-5-9/h6-7,9,14,17H,3-5,8H2,1-2H3,(H,18,20). The van der Waals surface area contributed by atoms with E-state index in [0.717, 1.165) is 33.9 Å². The normalized spacial score (nSPS) is 21.4. The highest BCUT2D eigenvalue weighted by molar-refractivity contribution is 9.10. The van der Waals surface area contributed by atoms with Crippen LogP contribution in [0.3, 0.4) is 0 Å². The molecule has 1 saturated carbocycles. The Balaban J connectivity index is 1.86. The summed E-state index contributed by atoms with van der Waals surface area (Å²) in [6.45, 7) is 1.08. The number of carbonyl (C=O) groups excluding carboxylic acids is 1. The van der Waals surface area contributed by atoms with Crippen LogP contribution in [0.25, 0.3) is 0 Å². The molecule has 0 radical (unpaired) electrons. The molecule has 1 amide bonds. The van der Waals surface area contributed by atoms with Crippen LogP contribution in [0.5, 0.6) is 0 Å². The fourth-order valence-corrected chi connectivity index (χ4v) is 3.67. The molecule has 1 atom stereocenters. The molecular weight excluding hydrogens is 318 g/mol. The molecule has 4 nitrogen and oxygen atoms in total. The maximum Gasteiger partial charge on any atom is 0.246 e. The Morgan fingerprint density at radius 2 is 2.20 bits per heavy atom. The maximum atomic E-state index is 11.9. The topological polar surface area (TPSA) is 44.4 Å². The number of anilines is 2. The van der Waals surface area contributed by atoms with Crippen LogP contribution in [-0.2, 0) is 4.79 Å². The van der Waals surface area contributed by atoms with E-state index in [0.29, 0.717) is 0 Å². The molecule has 2 aliphatic rings. The third-order valence-corrected chi connectivity index (χ3v) is 5.04. The minimum atomic E-state index is -0.243. The lowest BCUT2D eigenvalue weighted by Gasteiger charge is -2.32. The van der Waals surface area contributed by atoms with Crippen molar-refractivity contribution in [3.63, 3.8) is 0 Å². The molecule has 20 heavy (non-hydrogen) atoms. The molecule has 0 spiro atoms. The van der Waals surface area contributed by atoms with E-state index in [4.69, 9.17) is 0 Å². The number of nitrogens with zero attached hydrogens (tertiary/aromatic N) is 1. The molecule has 3 rings (SSSR count). The number of carbonyl (C=O) groups is 1. The van der Waals surface area contributed by atoms with Gasteiger partial charge in [-0.15, -0.1) is 0 Å². The van der Waals surface area contributed by atoms with Gasteiger partial charge in [-0.05, 0) is 53.9 Å². The number of hydrogen-bond donors (Lipinski definition) is 2. The number of likely N-dealkylation sites (N-methyl/N-ethyl adjacent to an activating group) is 1. The van der Waals surface area contributed by atoms with Crippen molar-refractivity contribution in [1.82, 2.24) is 5.32 Å². The Hall–Kier alpha value is -1.07. The van der Waals surface area contributed by atoms with Crippen molar-refractivity contribution in [3.05, 3.63) is 22.2 Å². The molecular formula is C15H20BrN3O. The summed E-state index contributed by atoms with van der Waals surface area (Å²) >= 11 is 3.65. The van der Waals surface area contributed by atoms with Gasteiger partial charge in [0.25, 0.3) is 0 Å². The van der Waals surface area contributed by atoms with Crippen LogP contribution in [0.4, 0.5) is 11.4 Å². The smallest absolute Gasteiger partial charge is 0.246 e. The molecule has 0 saturated heterocycles. The number of hydrogen-bond acceptors (Lipinski definition) is 3. The summed E-state index contributed by atoms with van der Waals surface area (Å²) in [5.74, 6) is 0.841. The van der Waals surface area contributed by atoms with Crippen molar-refractivity contribution in [1.29, 1.82) is 0 Å². The van der Waals surface area contributed by atoms with E-state index < -0.39 is 0 Å². The van der Waals surface area contributed by atoms with Gasteiger partial charge in [-0.1, -0.05) is 6.42 Å². The molecule has 1 fully saturated rings. The third-order valence-electron chi connectivity index (χ3n) is 4.41. The molecule has 2 N–H and O–H groups in total. The van der Waals surface area contributed by atoms with Crippen LogP contribution in [0.15, 0.2) is 16.6 Å². The van der Waals surface area contributed by atoms with Crippen molar-refractivity contribution >= 4 is 33.2 Å². The Labute approximate surface area is 128 Å². The summed E-state index contributed by atoms with van der Waals surface area (Å²) in [6.07, 6.45) is 4.04. The Morgan fingerprint density at radius 1 is 1.45 bits per heavy atom. The summed E-state index contributed by atoms with van der Waals surface area (Å²) in [5, 5.41) is 6.00. The lowest BCUT2D eigenvalue weighted by atomic mass is 9.85. The van der Waals surface area contributed by atoms with Crippen LogP contribution in [-0.4, -0.2) is 26.5 Å². The predicted octanol–water partition coefficient (Wildman–Crippen LogP) is 2.90. The SMILES string of the molecule is CNC1C(=O)Nc2cc(N(C)CC3CCC3)c(Br)cc21. The molecule has 0 aromatic heterocycles. The van der Waals surface area contributed by atoms with Gasteiger partial charge in [-0.2, -0.15) is 0 Å². The highest BCUT2D eigenvalue weighted by Gasteiger charge is 2.30. The first-order valence-electron chi connectivity index (χ1n) is 7.13. The monoisotopic (exact) mass is 337 g/mol. The van der Waals surface area contributed by atoms with Crippen LogP contribution in [0, 0.1) is 5.92 Å². The largest absolute Gasteiger partial charge is 0.373 e. The van der Waals surface area contributed by atoms with Crippen molar-refractivity contribution in [2.45, 2.75) is 25.3 Å². The van der Waals surface area contributed by atoms with Crippen molar-refractivity contribution in [2.24, 2.45) is 5.92 Å². The van der Waals surface area contributed by atoms with Crippen molar-refractivity contribution in [2.75, 3.05) is 30.9 Å². The first kappa shape index (κ1) is 13.9. The number of rotatable bonds is 4. The van der Waals surface area contributed by atoms with Gasteiger partial charge < -0.3 is 15.5 Å². The van der Waals surface area contributed by atoms with Gasteiger partial charge in [-0.3, -0.25) is 4.79 Å². The quantitative estimate of drug-likeness (QED) is 0.887. The second-order valence-corrected chi connectivity index (χ2v) is 6.63. The van der Waals surface area contributed by atoms with E-state index in [1.807, 2.05) is 7.05 Å². The Bertz CT molecular complexity index is 542. The Morgan fingerprint density at radius 3 is 2.80 bits per heavy atom. The van der Waals surface area contributed by atoms with Crippen LogP contribution < -0.4 is 15.5 Å². The zero-order valence-corrected chi connectivity index (χ0v) is 13.5. The van der Waals surface area contributed by atoms with Gasteiger partial charge in [0.05, 0.1) is 5.69 Å². The summed E-state index contributed by atoms with van der Waals surface area (Å²) in [6, 6.07) is 3.89. The molecule has 5 heteroatoms. The van der Waals surface area contributed by atoms with E-state index >= 15 is 0 Å². The highest BCUT2D eigenvalue weighted by atomic mass is 79.9. The van der Waals surface area contributed by atoms with Crippen molar-refractivity contribution in [3.8, 4) is 0 Å². The van der Waals surface area contributed by atoms with E-state index in [9.17, 15) is 4.79 Å². The summed E-state index contributed by atoms with van der Waals surface area (Å²) in [4.78, 5) is 14.2. The number of halogens is 1. The zero-order chi connectivity index (χ0) is 14.3. The average molecular weight is 338 g/mol. The average Bonchev–Trinajstić information content (AvgIpc) is 2.67. The van der Waals surface area contributed by atoms with Crippen LogP contribution >= 0.6 is 15.9 Å². The van der Waals surface area contributed by atoms with Gasteiger partial charge in [-0.25, -0.2) is 0 Å². The molecule has 1 aromatic rings. The van der Waals surface area contributed by atoms with E-state index in [1.165, 1.54) is 19.3 Å². The van der Waals surface area contributed by atoms with Gasteiger partial charge in [0.2, 0.25) is 5.91 Å². The van der Waals surface area contributed by atoms with E-state index in [1.54, 1.807) is 0 Å². The minimum absolute atomic E-state index is 0.0215. The number of fused-ring (bicyclic) bond motifs is 1. The summed E-state index contributed by atoms with van der Waals surface area (Å²) in [7, 11) is 3.93. The molecule has 1 aromatic carbocycles. The van der Waals surface area contributed by atoms with Crippen LogP contribution in [0.1, 0.15) is 30.9 Å². The Kier molecular flexibility index (Phi) is 3.73. The second-order valence-electron chi connectivity index (χ2n) is 5.78. The third kappa shape index (κ3) is 2.33. The summed E-state index contributed by atoms with van der Waals surface area (Å²) in [5.41, 5.74) is 3.09. The lowest BCUT2D eigenvalue weighted by Crippen LogP contribution is -2.29. The molecule has 108 valence electrons. The second kappa shape index (κ2) is 5.37. The molecule has 1 unspecified atom stereocenters. The minimum Gasteiger partial charge on any atom is -0.373 e. The van der Waals surface area contributed by atoms with E-state index in [2.05, 4.69) is 50.6 Å². The fourth-order valence-electron chi connectivity index (χ4n) is 3.01. The maximum absolute atomic E-state index is 11.9. The number of benzene rings is 1. The van der Waals surface area contributed by atoms with Gasteiger partial charge in [0.15, 0.2) is 0 Å². The molecule has 0 bridgehead atoms. The predicted molar refractivity (Wildman–Crippen MR) is 85.2 cm³/mol. The van der Waals surface area contributed by atoms with E-state index in [-0.39, 0.29) is 11.9 Å². The highest BCUT2D eigenvalue weighted by Crippen LogP contribution is 2.39. The first-order valence-corrected chi connectivity index (χ1v) is 7.92.